The van der Waals surface area contributed by atoms with Gasteiger partial charge in [-0.15, -0.1) is 0 Å². The summed E-state index contributed by atoms with van der Waals surface area (Å²) in [5, 5.41) is 3.02. The van der Waals surface area contributed by atoms with Crippen molar-refractivity contribution >= 4 is 5.91 Å². The molecule has 1 aromatic rings. The fraction of sp³-hybridized carbons (Fsp3) is 0.500. The summed E-state index contributed by atoms with van der Waals surface area (Å²) in [6.07, 6.45) is 0.580. The first kappa shape index (κ1) is 12.1. The molecule has 1 aromatic carbocycles. The van der Waals surface area contributed by atoms with Crippen LogP contribution in [-0.4, -0.2) is 18.6 Å². The van der Waals surface area contributed by atoms with Gasteiger partial charge < -0.3 is 10.1 Å². The van der Waals surface area contributed by atoms with E-state index in [0.29, 0.717) is 13.0 Å². The molecule has 0 aromatic heterocycles. The third kappa shape index (κ3) is 2.50. The van der Waals surface area contributed by atoms with Crippen molar-refractivity contribution in [3.8, 4) is 0 Å². The molecule has 92 valence electrons. The molecule has 1 N–H and O–H groups in total. The van der Waals surface area contributed by atoms with Crippen LogP contribution in [0, 0.1) is 0 Å². The Hall–Kier alpha value is -1.35. The van der Waals surface area contributed by atoms with Gasteiger partial charge in [-0.2, -0.15) is 0 Å². The number of rotatable bonds is 3. The van der Waals surface area contributed by atoms with E-state index in [9.17, 15) is 4.79 Å². The average molecular weight is 233 g/mol. The number of carbonyl (C=O) groups is 1. The van der Waals surface area contributed by atoms with E-state index in [2.05, 4.69) is 43.4 Å². The van der Waals surface area contributed by atoms with Gasteiger partial charge in [0.05, 0.1) is 6.61 Å². The molecule has 0 saturated carbocycles. The van der Waals surface area contributed by atoms with Gasteiger partial charge in [0.15, 0.2) is 0 Å². The molecule has 17 heavy (non-hydrogen) atoms. The molecule has 1 heterocycles. The number of nitrogens with one attached hydrogen (secondary N) is 1. The fourth-order valence-corrected chi connectivity index (χ4v) is 2.49. The van der Waals surface area contributed by atoms with Crippen LogP contribution in [0.15, 0.2) is 24.3 Å². The molecule has 1 aliphatic rings. The summed E-state index contributed by atoms with van der Waals surface area (Å²) < 4.78 is 5.08. The zero-order chi connectivity index (χ0) is 12.5. The monoisotopic (exact) mass is 233 g/mol. The number of benzene rings is 1. The van der Waals surface area contributed by atoms with Crippen LogP contribution in [0.1, 0.15) is 37.3 Å². The van der Waals surface area contributed by atoms with Gasteiger partial charge in [0.2, 0.25) is 5.91 Å². The Bertz CT molecular complexity index is 409. The van der Waals surface area contributed by atoms with Crippen LogP contribution in [0.2, 0.25) is 0 Å². The molecule has 0 radical (unpaired) electrons. The lowest BCUT2D eigenvalue weighted by molar-refractivity contribution is -0.119. The number of carbonyl (C=O) groups excluding carboxylic acids is 1. The Kier molecular flexibility index (Phi) is 3.20. The summed E-state index contributed by atoms with van der Waals surface area (Å²) in [5.74, 6) is 0.396. The van der Waals surface area contributed by atoms with Gasteiger partial charge in [-0.25, -0.2) is 0 Å². The van der Waals surface area contributed by atoms with Crippen LogP contribution >= 0.6 is 0 Å². The summed E-state index contributed by atoms with van der Waals surface area (Å²) in [6, 6.07) is 8.33. The molecule has 0 spiro atoms. The molecular formula is C14H19NO2. The molecule has 1 amide bonds. The third-order valence-electron chi connectivity index (χ3n) is 3.42. The molecule has 1 fully saturated rings. The maximum absolute atomic E-state index is 11.5. The summed E-state index contributed by atoms with van der Waals surface area (Å²) >= 11 is 0. The second-order valence-corrected chi connectivity index (χ2v) is 5.20. The first-order chi connectivity index (χ1) is 8.03. The predicted octanol–water partition coefficient (Wildman–Crippen LogP) is 2.22. The zero-order valence-electron chi connectivity index (χ0n) is 10.6. The van der Waals surface area contributed by atoms with E-state index in [4.69, 9.17) is 4.74 Å². The quantitative estimate of drug-likeness (QED) is 0.869. The number of amides is 1. The first-order valence-electron chi connectivity index (χ1n) is 5.92. The molecule has 2 rings (SSSR count). The van der Waals surface area contributed by atoms with Crippen LogP contribution < -0.4 is 5.32 Å². The summed E-state index contributed by atoms with van der Waals surface area (Å²) in [6.45, 7) is 4.78. The van der Waals surface area contributed by atoms with Crippen molar-refractivity contribution in [1.82, 2.24) is 5.32 Å². The van der Waals surface area contributed by atoms with E-state index in [1.54, 1.807) is 7.11 Å². The van der Waals surface area contributed by atoms with E-state index >= 15 is 0 Å². The Balaban J connectivity index is 2.20. The summed E-state index contributed by atoms with van der Waals surface area (Å²) in [7, 11) is 1.69. The second kappa shape index (κ2) is 4.49. The number of ether oxygens (including phenoxy) is 1. The van der Waals surface area contributed by atoms with Gasteiger partial charge in [-0.05, 0) is 25.0 Å². The van der Waals surface area contributed by atoms with Crippen LogP contribution in [0.5, 0.6) is 0 Å². The van der Waals surface area contributed by atoms with Crippen molar-refractivity contribution < 1.29 is 9.53 Å². The molecule has 0 aliphatic carbocycles. The molecule has 0 bridgehead atoms. The molecule has 1 atom stereocenters. The van der Waals surface area contributed by atoms with E-state index in [1.807, 2.05) is 0 Å². The lowest BCUT2D eigenvalue weighted by atomic mass is 9.83. The standard InChI is InChI=1S/C14H19NO2/c1-14(2)12(8-13(16)15-14)11-6-4-10(5-7-11)9-17-3/h4-7,12H,8-9H2,1-3H3,(H,15,16). The van der Waals surface area contributed by atoms with Gasteiger partial charge >= 0.3 is 0 Å². The Morgan fingerprint density at radius 1 is 1.35 bits per heavy atom. The normalized spacial score (nSPS) is 22.5. The second-order valence-electron chi connectivity index (χ2n) is 5.20. The number of methoxy groups -OCH3 is 1. The maximum atomic E-state index is 11.5. The minimum atomic E-state index is -0.153. The van der Waals surface area contributed by atoms with Gasteiger partial charge in [-0.3, -0.25) is 4.79 Å². The Morgan fingerprint density at radius 3 is 2.47 bits per heavy atom. The lowest BCUT2D eigenvalue weighted by Gasteiger charge is -2.26. The summed E-state index contributed by atoms with van der Waals surface area (Å²) in [5.41, 5.74) is 2.22. The van der Waals surface area contributed by atoms with E-state index in [1.165, 1.54) is 5.56 Å². The van der Waals surface area contributed by atoms with Crippen molar-refractivity contribution in [2.24, 2.45) is 0 Å². The average Bonchev–Trinajstić information content (AvgIpc) is 2.53. The van der Waals surface area contributed by atoms with Crippen LogP contribution in [0.25, 0.3) is 0 Å². The highest BCUT2D eigenvalue weighted by molar-refractivity contribution is 5.81. The smallest absolute Gasteiger partial charge is 0.221 e. The third-order valence-corrected chi connectivity index (χ3v) is 3.42. The lowest BCUT2D eigenvalue weighted by Crippen LogP contribution is -2.38. The molecule has 1 saturated heterocycles. The van der Waals surface area contributed by atoms with Crippen molar-refractivity contribution in [3.63, 3.8) is 0 Å². The maximum Gasteiger partial charge on any atom is 0.221 e. The highest BCUT2D eigenvalue weighted by Crippen LogP contribution is 2.35. The predicted molar refractivity (Wildman–Crippen MR) is 66.7 cm³/mol. The van der Waals surface area contributed by atoms with Crippen molar-refractivity contribution in [3.05, 3.63) is 35.4 Å². The number of hydrogen-bond donors (Lipinski definition) is 1. The summed E-state index contributed by atoms with van der Waals surface area (Å²) in [4.78, 5) is 11.5. The minimum Gasteiger partial charge on any atom is -0.380 e. The van der Waals surface area contributed by atoms with Gasteiger partial charge in [0, 0.05) is 25.0 Å². The highest BCUT2D eigenvalue weighted by Gasteiger charge is 2.39. The van der Waals surface area contributed by atoms with Gasteiger partial charge in [0.25, 0.3) is 0 Å². The van der Waals surface area contributed by atoms with Crippen molar-refractivity contribution in [2.45, 2.75) is 38.3 Å². The highest BCUT2D eigenvalue weighted by atomic mass is 16.5. The molecular weight excluding hydrogens is 214 g/mol. The number of hydrogen-bond acceptors (Lipinski definition) is 2. The first-order valence-corrected chi connectivity index (χ1v) is 5.92. The molecule has 1 unspecified atom stereocenters. The molecule has 3 nitrogen and oxygen atoms in total. The Morgan fingerprint density at radius 2 is 2.00 bits per heavy atom. The van der Waals surface area contributed by atoms with E-state index in [-0.39, 0.29) is 17.4 Å². The fourth-order valence-electron chi connectivity index (χ4n) is 2.49. The minimum absolute atomic E-state index is 0.140. The van der Waals surface area contributed by atoms with Crippen molar-refractivity contribution in [2.75, 3.05) is 7.11 Å². The van der Waals surface area contributed by atoms with Crippen LogP contribution in [0.4, 0.5) is 0 Å². The van der Waals surface area contributed by atoms with Crippen molar-refractivity contribution in [1.29, 1.82) is 0 Å². The van der Waals surface area contributed by atoms with Gasteiger partial charge in [0.1, 0.15) is 0 Å². The van der Waals surface area contributed by atoms with Crippen LogP contribution in [0.3, 0.4) is 0 Å². The Labute approximate surface area is 102 Å². The largest absolute Gasteiger partial charge is 0.380 e. The molecule has 1 aliphatic heterocycles. The van der Waals surface area contributed by atoms with E-state index in [0.717, 1.165) is 5.56 Å². The van der Waals surface area contributed by atoms with Crippen LogP contribution in [-0.2, 0) is 16.1 Å². The molecule has 3 heteroatoms. The zero-order valence-corrected chi connectivity index (χ0v) is 10.6. The topological polar surface area (TPSA) is 38.3 Å². The SMILES string of the molecule is COCc1ccc(C2CC(=O)NC2(C)C)cc1. The van der Waals surface area contributed by atoms with E-state index < -0.39 is 0 Å². The van der Waals surface area contributed by atoms with Gasteiger partial charge in [-0.1, -0.05) is 24.3 Å².